The van der Waals surface area contributed by atoms with Crippen molar-refractivity contribution in [3.63, 3.8) is 0 Å². The van der Waals surface area contributed by atoms with E-state index in [1.807, 2.05) is 57.4 Å². The summed E-state index contributed by atoms with van der Waals surface area (Å²) < 4.78 is 1.75. The second-order valence-electron chi connectivity index (χ2n) is 4.80. The minimum Gasteiger partial charge on any atom is -0.385 e. The summed E-state index contributed by atoms with van der Waals surface area (Å²) in [7, 11) is 1.88. The SMILES string of the molecule is Cc1ccc(C(C)(O)Cc2ccn(C)n2)cc1. The van der Waals surface area contributed by atoms with Crippen molar-refractivity contribution in [1.29, 1.82) is 0 Å². The quantitative estimate of drug-likeness (QED) is 0.877. The molecule has 0 radical (unpaired) electrons. The maximum atomic E-state index is 10.5. The first-order valence-electron chi connectivity index (χ1n) is 5.75. The maximum Gasteiger partial charge on any atom is 0.0924 e. The molecule has 1 aromatic heterocycles. The highest BCUT2D eigenvalue weighted by Crippen LogP contribution is 2.24. The molecule has 0 spiro atoms. The first-order chi connectivity index (χ1) is 7.97. The van der Waals surface area contributed by atoms with Crippen molar-refractivity contribution >= 4 is 0 Å². The van der Waals surface area contributed by atoms with E-state index in [1.165, 1.54) is 5.56 Å². The number of benzene rings is 1. The maximum absolute atomic E-state index is 10.5. The lowest BCUT2D eigenvalue weighted by molar-refractivity contribution is 0.0564. The van der Waals surface area contributed by atoms with E-state index in [-0.39, 0.29) is 0 Å². The van der Waals surface area contributed by atoms with Gasteiger partial charge in [-0.25, -0.2) is 0 Å². The van der Waals surface area contributed by atoms with Gasteiger partial charge in [0.15, 0.2) is 0 Å². The topological polar surface area (TPSA) is 38.0 Å². The molecule has 1 N–H and O–H groups in total. The van der Waals surface area contributed by atoms with Crippen LogP contribution in [0.3, 0.4) is 0 Å². The first kappa shape index (κ1) is 11.9. The normalized spacial score (nSPS) is 14.6. The van der Waals surface area contributed by atoms with E-state index in [2.05, 4.69) is 5.10 Å². The third-order valence-electron chi connectivity index (χ3n) is 2.97. The van der Waals surface area contributed by atoms with Crippen LogP contribution >= 0.6 is 0 Å². The van der Waals surface area contributed by atoms with E-state index in [0.29, 0.717) is 6.42 Å². The lowest BCUT2D eigenvalue weighted by atomic mass is 9.91. The summed E-state index contributed by atoms with van der Waals surface area (Å²) in [5, 5.41) is 14.8. The Morgan fingerprint density at radius 1 is 1.24 bits per heavy atom. The molecule has 0 saturated carbocycles. The van der Waals surface area contributed by atoms with E-state index in [1.54, 1.807) is 4.68 Å². The first-order valence-corrected chi connectivity index (χ1v) is 5.75. The lowest BCUT2D eigenvalue weighted by Crippen LogP contribution is -2.24. The molecule has 0 saturated heterocycles. The fourth-order valence-corrected chi connectivity index (χ4v) is 1.92. The van der Waals surface area contributed by atoms with E-state index in [4.69, 9.17) is 0 Å². The molecular formula is C14H18N2O. The van der Waals surface area contributed by atoms with Gasteiger partial charge in [-0.05, 0) is 25.5 Å². The van der Waals surface area contributed by atoms with Gasteiger partial charge in [0.05, 0.1) is 11.3 Å². The number of aromatic nitrogens is 2. The van der Waals surface area contributed by atoms with Crippen molar-refractivity contribution in [2.24, 2.45) is 7.05 Å². The third-order valence-corrected chi connectivity index (χ3v) is 2.97. The van der Waals surface area contributed by atoms with Crippen LogP contribution in [0.1, 0.15) is 23.7 Å². The largest absolute Gasteiger partial charge is 0.385 e. The monoisotopic (exact) mass is 230 g/mol. The number of rotatable bonds is 3. The van der Waals surface area contributed by atoms with E-state index < -0.39 is 5.60 Å². The third kappa shape index (κ3) is 2.74. The molecule has 1 unspecified atom stereocenters. The summed E-state index contributed by atoms with van der Waals surface area (Å²) in [6, 6.07) is 9.91. The van der Waals surface area contributed by atoms with Crippen LogP contribution in [0.25, 0.3) is 0 Å². The zero-order chi connectivity index (χ0) is 12.5. The molecular weight excluding hydrogens is 212 g/mol. The highest BCUT2D eigenvalue weighted by molar-refractivity contribution is 5.27. The van der Waals surface area contributed by atoms with Gasteiger partial charge in [0.2, 0.25) is 0 Å². The molecule has 17 heavy (non-hydrogen) atoms. The average molecular weight is 230 g/mol. The van der Waals surface area contributed by atoms with Gasteiger partial charge in [0, 0.05) is 19.7 Å². The van der Waals surface area contributed by atoms with E-state index in [9.17, 15) is 5.11 Å². The Balaban J connectivity index is 2.21. The van der Waals surface area contributed by atoms with Crippen molar-refractivity contribution < 1.29 is 5.11 Å². The fraction of sp³-hybridized carbons (Fsp3) is 0.357. The molecule has 1 aromatic carbocycles. The van der Waals surface area contributed by atoms with Gasteiger partial charge in [-0.15, -0.1) is 0 Å². The van der Waals surface area contributed by atoms with Crippen molar-refractivity contribution in [1.82, 2.24) is 9.78 Å². The molecule has 0 aliphatic carbocycles. The van der Waals surface area contributed by atoms with E-state index in [0.717, 1.165) is 11.3 Å². The molecule has 1 atom stereocenters. The standard InChI is InChI=1S/C14H18N2O/c1-11-4-6-12(7-5-11)14(2,17)10-13-8-9-16(3)15-13/h4-9,17H,10H2,1-3H3. The van der Waals surface area contributed by atoms with Crippen LogP contribution in [0.4, 0.5) is 0 Å². The minimum absolute atomic E-state index is 0.525. The molecule has 2 rings (SSSR count). The van der Waals surface area contributed by atoms with Gasteiger partial charge in [0.1, 0.15) is 0 Å². The zero-order valence-corrected chi connectivity index (χ0v) is 10.5. The molecule has 1 heterocycles. The van der Waals surface area contributed by atoms with Crippen molar-refractivity contribution in [3.05, 3.63) is 53.3 Å². The number of hydrogen-bond acceptors (Lipinski definition) is 2. The van der Waals surface area contributed by atoms with Gasteiger partial charge >= 0.3 is 0 Å². The lowest BCUT2D eigenvalue weighted by Gasteiger charge is -2.23. The summed E-state index contributed by atoms with van der Waals surface area (Å²) >= 11 is 0. The average Bonchev–Trinajstić information content (AvgIpc) is 2.63. The fourth-order valence-electron chi connectivity index (χ4n) is 1.92. The Labute approximate surface area is 102 Å². The Kier molecular flexibility index (Phi) is 3.03. The van der Waals surface area contributed by atoms with Crippen LogP contribution in [0, 0.1) is 6.92 Å². The molecule has 90 valence electrons. The van der Waals surface area contributed by atoms with Crippen LogP contribution in [-0.4, -0.2) is 14.9 Å². The van der Waals surface area contributed by atoms with Gasteiger partial charge in [-0.2, -0.15) is 5.10 Å². The van der Waals surface area contributed by atoms with Gasteiger partial charge in [0.25, 0.3) is 0 Å². The molecule has 3 nitrogen and oxygen atoms in total. The van der Waals surface area contributed by atoms with Crippen LogP contribution in [0.5, 0.6) is 0 Å². The molecule has 0 aliphatic rings. The number of aryl methyl sites for hydroxylation is 2. The molecule has 0 bridgehead atoms. The Morgan fingerprint density at radius 3 is 2.41 bits per heavy atom. The summed E-state index contributed by atoms with van der Waals surface area (Å²) in [4.78, 5) is 0. The second kappa shape index (κ2) is 4.34. The highest BCUT2D eigenvalue weighted by atomic mass is 16.3. The van der Waals surface area contributed by atoms with Gasteiger partial charge in [-0.1, -0.05) is 29.8 Å². The molecule has 0 amide bonds. The zero-order valence-electron chi connectivity index (χ0n) is 10.5. The van der Waals surface area contributed by atoms with Crippen molar-refractivity contribution in [3.8, 4) is 0 Å². The van der Waals surface area contributed by atoms with Crippen molar-refractivity contribution in [2.45, 2.75) is 25.9 Å². The van der Waals surface area contributed by atoms with Crippen LogP contribution in [0.15, 0.2) is 36.5 Å². The molecule has 3 heteroatoms. The van der Waals surface area contributed by atoms with E-state index >= 15 is 0 Å². The number of aliphatic hydroxyl groups is 1. The predicted octanol–water partition coefficient (Wildman–Crippen LogP) is 2.18. The highest BCUT2D eigenvalue weighted by Gasteiger charge is 2.24. The van der Waals surface area contributed by atoms with Crippen LogP contribution in [0.2, 0.25) is 0 Å². The molecule has 2 aromatic rings. The number of hydrogen-bond donors (Lipinski definition) is 1. The van der Waals surface area contributed by atoms with Crippen LogP contribution in [-0.2, 0) is 19.1 Å². The molecule has 0 fully saturated rings. The van der Waals surface area contributed by atoms with Gasteiger partial charge in [-0.3, -0.25) is 4.68 Å². The van der Waals surface area contributed by atoms with Crippen molar-refractivity contribution in [2.75, 3.05) is 0 Å². The van der Waals surface area contributed by atoms with Crippen LogP contribution < -0.4 is 0 Å². The smallest absolute Gasteiger partial charge is 0.0924 e. The van der Waals surface area contributed by atoms with Gasteiger partial charge < -0.3 is 5.11 Å². The predicted molar refractivity (Wildman–Crippen MR) is 67.7 cm³/mol. The number of nitrogens with zero attached hydrogens (tertiary/aromatic N) is 2. The summed E-state index contributed by atoms with van der Waals surface area (Å²) in [6.45, 7) is 3.86. The Hall–Kier alpha value is -1.61. The summed E-state index contributed by atoms with van der Waals surface area (Å²) in [5.41, 5.74) is 2.15. The summed E-state index contributed by atoms with van der Waals surface area (Å²) in [6.07, 6.45) is 2.41. The molecule has 0 aliphatic heterocycles. The summed E-state index contributed by atoms with van der Waals surface area (Å²) in [5.74, 6) is 0. The Bertz CT molecular complexity index is 497. The second-order valence-corrected chi connectivity index (χ2v) is 4.80. The Morgan fingerprint density at radius 2 is 1.88 bits per heavy atom. The minimum atomic E-state index is -0.873.